The lowest BCUT2D eigenvalue weighted by Gasteiger charge is -2.41. The molecule has 1 amide bonds. The Kier molecular flexibility index (Phi) is 2.86. The fourth-order valence-electron chi connectivity index (χ4n) is 2.44. The van der Waals surface area contributed by atoms with E-state index < -0.39 is 0 Å². The van der Waals surface area contributed by atoms with Crippen molar-refractivity contribution in [2.24, 2.45) is 0 Å². The Hall–Kier alpha value is -1.51. The maximum Gasteiger partial charge on any atom is 0.224 e. The van der Waals surface area contributed by atoms with Gasteiger partial charge in [-0.3, -0.25) is 4.79 Å². The van der Waals surface area contributed by atoms with E-state index in [1.807, 2.05) is 17.0 Å². The summed E-state index contributed by atoms with van der Waals surface area (Å²) in [6, 6.07) is 6.19. The lowest BCUT2D eigenvalue weighted by molar-refractivity contribution is -0.116. The lowest BCUT2D eigenvalue weighted by atomic mass is 9.96. The Morgan fingerprint density at radius 1 is 1.47 bits per heavy atom. The summed E-state index contributed by atoms with van der Waals surface area (Å²) in [5, 5.41) is 3.50. The third-order valence-electron chi connectivity index (χ3n) is 3.18. The number of benzene rings is 1. The first-order valence-corrected chi connectivity index (χ1v) is 6.13. The molecule has 0 atom stereocenters. The van der Waals surface area contributed by atoms with Crippen molar-refractivity contribution < 1.29 is 4.79 Å². The number of anilines is 2. The zero-order chi connectivity index (χ0) is 12.6. The van der Waals surface area contributed by atoms with Crippen molar-refractivity contribution in [3.05, 3.63) is 23.8 Å². The Morgan fingerprint density at radius 3 is 2.76 bits per heavy atom. The van der Waals surface area contributed by atoms with Crippen LogP contribution in [0.4, 0.5) is 11.4 Å². The highest BCUT2D eigenvalue weighted by Gasteiger charge is 2.32. The van der Waals surface area contributed by atoms with Crippen LogP contribution in [-0.2, 0) is 11.2 Å². The third-order valence-corrected chi connectivity index (χ3v) is 3.18. The first-order valence-electron chi connectivity index (χ1n) is 6.13. The van der Waals surface area contributed by atoms with E-state index in [0.717, 1.165) is 17.8 Å². The minimum absolute atomic E-state index is 0.0783. The molecule has 1 aromatic carbocycles. The van der Waals surface area contributed by atoms with Gasteiger partial charge in [-0.1, -0.05) is 19.1 Å². The van der Waals surface area contributed by atoms with Crippen LogP contribution in [0, 0.1) is 0 Å². The molecular weight excluding hydrogens is 212 g/mol. The molecular formula is C14H20N2O. The molecule has 0 saturated heterocycles. The fourth-order valence-corrected chi connectivity index (χ4v) is 2.44. The molecule has 0 radical (unpaired) electrons. The Morgan fingerprint density at radius 2 is 2.18 bits per heavy atom. The highest BCUT2D eigenvalue weighted by molar-refractivity contribution is 5.97. The molecule has 0 bridgehead atoms. The summed E-state index contributed by atoms with van der Waals surface area (Å²) in [5.74, 6) is 0.113. The van der Waals surface area contributed by atoms with Gasteiger partial charge in [-0.25, -0.2) is 0 Å². The second-order valence-electron chi connectivity index (χ2n) is 5.28. The normalized spacial score (nSPS) is 17.3. The number of fused-ring (bicyclic) bond motifs is 1. The van der Waals surface area contributed by atoms with Crippen LogP contribution in [0.25, 0.3) is 0 Å². The van der Waals surface area contributed by atoms with Gasteiger partial charge in [-0.15, -0.1) is 0 Å². The van der Waals surface area contributed by atoms with Crippen LogP contribution >= 0.6 is 0 Å². The molecule has 92 valence electrons. The summed E-state index contributed by atoms with van der Waals surface area (Å²) >= 11 is 0. The topological polar surface area (TPSA) is 32.3 Å². The van der Waals surface area contributed by atoms with E-state index in [9.17, 15) is 4.79 Å². The Labute approximate surface area is 103 Å². The molecule has 2 rings (SSSR count). The van der Waals surface area contributed by atoms with Gasteiger partial charge in [0.25, 0.3) is 0 Å². The molecule has 1 N–H and O–H groups in total. The summed E-state index contributed by atoms with van der Waals surface area (Å²) in [4.78, 5) is 13.7. The minimum Gasteiger partial charge on any atom is -0.377 e. The summed E-state index contributed by atoms with van der Waals surface area (Å²) in [6.07, 6.45) is 0.940. The van der Waals surface area contributed by atoms with Crippen LogP contribution in [0.1, 0.15) is 33.3 Å². The highest BCUT2D eigenvalue weighted by Crippen LogP contribution is 2.37. The number of amides is 1. The number of aryl methyl sites for hydroxylation is 1. The van der Waals surface area contributed by atoms with Crippen molar-refractivity contribution in [2.75, 3.05) is 16.8 Å². The molecule has 0 fully saturated rings. The van der Waals surface area contributed by atoms with Gasteiger partial charge in [0.05, 0.1) is 11.4 Å². The largest absolute Gasteiger partial charge is 0.377 e. The van der Waals surface area contributed by atoms with Gasteiger partial charge in [0.1, 0.15) is 0 Å². The molecule has 1 aliphatic rings. The van der Waals surface area contributed by atoms with Gasteiger partial charge >= 0.3 is 0 Å². The average molecular weight is 232 g/mol. The monoisotopic (exact) mass is 232 g/mol. The number of carbonyl (C=O) groups is 1. The molecule has 0 aliphatic carbocycles. The molecule has 3 heteroatoms. The molecule has 1 heterocycles. The number of carbonyl (C=O) groups excluding carboxylic acids is 1. The highest BCUT2D eigenvalue weighted by atomic mass is 16.2. The summed E-state index contributed by atoms with van der Waals surface area (Å²) in [6.45, 7) is 8.70. The summed E-state index contributed by atoms with van der Waals surface area (Å²) in [7, 11) is 0. The number of hydrogen-bond acceptors (Lipinski definition) is 2. The molecule has 1 aliphatic heterocycles. The molecule has 3 nitrogen and oxygen atoms in total. The van der Waals surface area contributed by atoms with Crippen molar-refractivity contribution in [3.63, 3.8) is 0 Å². The van der Waals surface area contributed by atoms with Crippen LogP contribution < -0.4 is 10.2 Å². The first-order chi connectivity index (χ1) is 7.94. The van der Waals surface area contributed by atoms with Crippen molar-refractivity contribution in [1.29, 1.82) is 0 Å². The van der Waals surface area contributed by atoms with Crippen LogP contribution in [0.15, 0.2) is 18.2 Å². The molecule has 0 spiro atoms. The van der Waals surface area contributed by atoms with Crippen LogP contribution in [0.3, 0.4) is 0 Å². The van der Waals surface area contributed by atoms with Gasteiger partial charge in [0.2, 0.25) is 5.91 Å². The molecule has 0 saturated carbocycles. The Balaban J connectivity index is 2.57. The smallest absolute Gasteiger partial charge is 0.224 e. The van der Waals surface area contributed by atoms with Crippen LogP contribution in [0.5, 0.6) is 0 Å². The maximum absolute atomic E-state index is 11.8. The number of rotatable bonds is 1. The van der Waals surface area contributed by atoms with Crippen LogP contribution in [0.2, 0.25) is 0 Å². The number of nitrogens with one attached hydrogen (secondary N) is 1. The average Bonchev–Trinajstić information content (AvgIpc) is 2.25. The summed E-state index contributed by atoms with van der Waals surface area (Å²) in [5.41, 5.74) is 3.27. The van der Waals surface area contributed by atoms with Crippen LogP contribution in [-0.4, -0.2) is 18.0 Å². The quantitative estimate of drug-likeness (QED) is 0.807. The van der Waals surface area contributed by atoms with E-state index in [4.69, 9.17) is 0 Å². The fraction of sp³-hybridized carbons (Fsp3) is 0.500. The third kappa shape index (κ3) is 2.14. The van der Waals surface area contributed by atoms with Gasteiger partial charge < -0.3 is 10.2 Å². The van der Waals surface area contributed by atoms with E-state index in [1.54, 1.807) is 6.92 Å². The zero-order valence-corrected chi connectivity index (χ0v) is 11.0. The molecule has 1 aromatic rings. The zero-order valence-electron chi connectivity index (χ0n) is 11.0. The van der Waals surface area contributed by atoms with Crippen molar-refractivity contribution >= 4 is 17.3 Å². The second kappa shape index (κ2) is 4.06. The van der Waals surface area contributed by atoms with Crippen molar-refractivity contribution in [2.45, 2.75) is 39.7 Å². The van der Waals surface area contributed by atoms with Crippen molar-refractivity contribution in [3.8, 4) is 0 Å². The summed E-state index contributed by atoms with van der Waals surface area (Å²) < 4.78 is 0. The predicted molar refractivity (Wildman–Crippen MR) is 71.5 cm³/mol. The lowest BCUT2D eigenvalue weighted by Crippen LogP contribution is -2.50. The van der Waals surface area contributed by atoms with Gasteiger partial charge in [-0.05, 0) is 31.9 Å². The molecule has 0 unspecified atom stereocenters. The number of para-hydroxylation sites is 1. The van der Waals surface area contributed by atoms with E-state index in [-0.39, 0.29) is 11.4 Å². The molecule has 0 aromatic heterocycles. The maximum atomic E-state index is 11.8. The van der Waals surface area contributed by atoms with Gasteiger partial charge in [0.15, 0.2) is 0 Å². The van der Waals surface area contributed by atoms with Crippen molar-refractivity contribution in [1.82, 2.24) is 0 Å². The number of hydrogen-bond donors (Lipinski definition) is 1. The van der Waals surface area contributed by atoms with Gasteiger partial charge in [0, 0.05) is 19.0 Å². The standard InChI is InChI=1S/C14H20N2O/c1-5-11-7-6-8-12-13(11)16(10(2)17)9-14(3,4)15-12/h6-8,15H,5,9H2,1-4H3. The predicted octanol–water partition coefficient (Wildman–Crippen LogP) is 2.81. The molecule has 17 heavy (non-hydrogen) atoms. The second-order valence-corrected chi connectivity index (χ2v) is 5.28. The van der Waals surface area contributed by atoms with Gasteiger partial charge in [-0.2, -0.15) is 0 Å². The van der Waals surface area contributed by atoms with E-state index >= 15 is 0 Å². The van der Waals surface area contributed by atoms with E-state index in [0.29, 0.717) is 6.54 Å². The number of nitrogens with zero attached hydrogens (tertiary/aromatic N) is 1. The first kappa shape index (κ1) is 12.0. The Bertz CT molecular complexity index is 452. The SMILES string of the molecule is CCc1cccc2c1N(C(C)=O)CC(C)(C)N2. The minimum atomic E-state index is -0.0783. The van der Waals surface area contributed by atoms with E-state index in [1.165, 1.54) is 5.56 Å². The van der Waals surface area contributed by atoms with E-state index in [2.05, 4.69) is 32.2 Å².